The molecule has 1 aromatic carbocycles. The van der Waals surface area contributed by atoms with Gasteiger partial charge in [-0.25, -0.2) is 4.39 Å². The van der Waals surface area contributed by atoms with E-state index in [-0.39, 0.29) is 41.4 Å². The summed E-state index contributed by atoms with van der Waals surface area (Å²) in [4.78, 5) is 17.4. The van der Waals surface area contributed by atoms with Crippen molar-refractivity contribution in [1.29, 1.82) is 0 Å². The normalized spacial score (nSPS) is 16.6. The maximum absolute atomic E-state index is 14.2. The molecule has 1 atom stereocenters. The molecule has 3 rings (SSSR count). The topological polar surface area (TPSA) is 62.7 Å². The van der Waals surface area contributed by atoms with Crippen LogP contribution in [0.3, 0.4) is 0 Å². The summed E-state index contributed by atoms with van der Waals surface area (Å²) < 4.78 is 61.5. The molecule has 2 aromatic rings. The van der Waals surface area contributed by atoms with Crippen molar-refractivity contribution in [3.63, 3.8) is 0 Å². The van der Waals surface area contributed by atoms with Crippen molar-refractivity contribution in [2.45, 2.75) is 43.9 Å². The second-order valence-electron chi connectivity index (χ2n) is 8.40. The highest BCUT2D eigenvalue weighted by Gasteiger charge is 2.57. The van der Waals surface area contributed by atoms with E-state index in [1.165, 1.54) is 50.3 Å². The lowest BCUT2D eigenvalue weighted by Gasteiger charge is -2.42. The van der Waals surface area contributed by atoms with Crippen LogP contribution in [0.4, 0.5) is 23.2 Å². The number of pyridine rings is 1. The maximum atomic E-state index is 14.2. The SMILES string of the molecule is COc1ccc(F)cc1C(C)(C)CC(O)(CN1CCC(=O)c2ncccc21)C(F)(F)F. The number of β-amino-alcohol motifs (C(OH)–C–C–N with tert-alkyl or cyclic N) is 1. The van der Waals surface area contributed by atoms with Crippen LogP contribution in [0.2, 0.25) is 0 Å². The summed E-state index contributed by atoms with van der Waals surface area (Å²) >= 11 is 0. The van der Waals surface area contributed by atoms with Crippen LogP contribution < -0.4 is 9.64 Å². The van der Waals surface area contributed by atoms with Gasteiger partial charge in [0.2, 0.25) is 0 Å². The number of rotatable bonds is 6. The van der Waals surface area contributed by atoms with E-state index in [1.54, 1.807) is 0 Å². The van der Waals surface area contributed by atoms with Crippen molar-refractivity contribution in [1.82, 2.24) is 4.98 Å². The Hall–Kier alpha value is -2.68. The van der Waals surface area contributed by atoms with E-state index >= 15 is 0 Å². The average Bonchev–Trinajstić information content (AvgIpc) is 2.69. The zero-order valence-electron chi connectivity index (χ0n) is 17.5. The number of aliphatic hydroxyl groups is 1. The fourth-order valence-corrected chi connectivity index (χ4v) is 4.10. The molecule has 0 amide bonds. The molecule has 0 radical (unpaired) electrons. The Balaban J connectivity index is 1.98. The molecule has 1 aliphatic heterocycles. The largest absolute Gasteiger partial charge is 0.496 e. The van der Waals surface area contributed by atoms with E-state index in [4.69, 9.17) is 4.74 Å². The molecule has 5 nitrogen and oxygen atoms in total. The summed E-state index contributed by atoms with van der Waals surface area (Å²) in [5.41, 5.74) is -3.87. The van der Waals surface area contributed by atoms with Crippen molar-refractivity contribution in [2.75, 3.05) is 25.1 Å². The number of fused-ring (bicyclic) bond motifs is 1. The fraction of sp³-hybridized carbons (Fsp3) is 0.455. The molecule has 0 bridgehead atoms. The lowest BCUT2D eigenvalue weighted by atomic mass is 9.74. The Morgan fingerprint density at radius 2 is 1.94 bits per heavy atom. The van der Waals surface area contributed by atoms with Crippen molar-refractivity contribution in [3.8, 4) is 5.75 Å². The molecule has 0 fully saturated rings. The van der Waals surface area contributed by atoms with Crippen molar-refractivity contribution in [3.05, 3.63) is 53.6 Å². The number of carbonyl (C=O) groups excluding carboxylic acids is 1. The van der Waals surface area contributed by atoms with Crippen molar-refractivity contribution >= 4 is 11.5 Å². The molecule has 1 unspecified atom stereocenters. The number of benzene rings is 1. The molecule has 1 aromatic heterocycles. The predicted octanol–water partition coefficient (Wildman–Crippen LogP) is 4.28. The van der Waals surface area contributed by atoms with E-state index in [0.29, 0.717) is 0 Å². The highest BCUT2D eigenvalue weighted by Crippen LogP contribution is 2.45. The molecule has 9 heteroatoms. The van der Waals surface area contributed by atoms with Gasteiger partial charge >= 0.3 is 6.18 Å². The minimum absolute atomic E-state index is 0.000930. The first-order chi connectivity index (χ1) is 14.4. The molecule has 168 valence electrons. The number of anilines is 1. The Morgan fingerprint density at radius 3 is 2.58 bits per heavy atom. The average molecular weight is 440 g/mol. The summed E-state index contributed by atoms with van der Waals surface area (Å²) in [6.07, 6.45) is -4.33. The van der Waals surface area contributed by atoms with Gasteiger partial charge in [0.1, 0.15) is 17.3 Å². The second-order valence-corrected chi connectivity index (χ2v) is 8.40. The van der Waals surface area contributed by atoms with Gasteiger partial charge in [0.05, 0.1) is 19.3 Å². The van der Waals surface area contributed by atoms with Crippen LogP contribution in [-0.2, 0) is 5.41 Å². The molecular formula is C22H24F4N2O3. The zero-order valence-corrected chi connectivity index (χ0v) is 17.5. The van der Waals surface area contributed by atoms with Gasteiger partial charge in [-0.1, -0.05) is 13.8 Å². The third kappa shape index (κ3) is 4.51. The monoisotopic (exact) mass is 440 g/mol. The highest BCUT2D eigenvalue weighted by molar-refractivity contribution is 6.01. The number of ketones is 1. The second kappa shape index (κ2) is 8.11. The molecular weight excluding hydrogens is 416 g/mol. The molecule has 0 aliphatic carbocycles. The number of alkyl halides is 3. The van der Waals surface area contributed by atoms with Gasteiger partial charge < -0.3 is 14.7 Å². The van der Waals surface area contributed by atoms with Gasteiger partial charge in [-0.3, -0.25) is 9.78 Å². The number of methoxy groups -OCH3 is 1. The van der Waals surface area contributed by atoms with E-state index in [1.807, 2.05) is 0 Å². The van der Waals surface area contributed by atoms with Crippen LogP contribution in [0.25, 0.3) is 0 Å². The lowest BCUT2D eigenvalue weighted by Crippen LogP contribution is -2.57. The lowest BCUT2D eigenvalue weighted by molar-refractivity contribution is -0.262. The number of carbonyl (C=O) groups is 1. The van der Waals surface area contributed by atoms with Crippen LogP contribution in [0.1, 0.15) is 42.7 Å². The van der Waals surface area contributed by atoms with Crippen molar-refractivity contribution < 1.29 is 32.2 Å². The third-order valence-corrected chi connectivity index (χ3v) is 5.61. The number of aromatic nitrogens is 1. The first kappa shape index (κ1) is 23.0. The van der Waals surface area contributed by atoms with Gasteiger partial charge in [-0.05, 0) is 42.2 Å². The standard InChI is InChI=1S/C22H24F4N2O3/c1-20(2,15-11-14(23)6-7-18(15)31-3)12-21(30,22(24,25)26)13-28-10-8-17(29)19-16(28)5-4-9-27-19/h4-7,9,11,30H,8,10,12-13H2,1-3H3. The van der Waals surface area contributed by atoms with Crippen LogP contribution >= 0.6 is 0 Å². The van der Waals surface area contributed by atoms with Crippen LogP contribution in [-0.4, -0.2) is 47.9 Å². The van der Waals surface area contributed by atoms with Crippen LogP contribution in [0.5, 0.6) is 5.75 Å². The summed E-state index contributed by atoms with van der Waals surface area (Å²) in [6, 6.07) is 6.66. The highest BCUT2D eigenvalue weighted by atomic mass is 19.4. The summed E-state index contributed by atoms with van der Waals surface area (Å²) in [7, 11) is 1.34. The number of hydrogen-bond acceptors (Lipinski definition) is 5. The van der Waals surface area contributed by atoms with E-state index in [9.17, 15) is 27.5 Å². The van der Waals surface area contributed by atoms with Crippen molar-refractivity contribution in [2.24, 2.45) is 0 Å². The third-order valence-electron chi connectivity index (χ3n) is 5.61. The summed E-state index contributed by atoms with van der Waals surface area (Å²) in [5.74, 6) is -0.643. The van der Waals surface area contributed by atoms with Crippen LogP contribution in [0.15, 0.2) is 36.5 Å². The van der Waals surface area contributed by atoms with E-state index in [2.05, 4.69) is 4.98 Å². The first-order valence-electron chi connectivity index (χ1n) is 9.74. The van der Waals surface area contributed by atoms with E-state index < -0.39 is 36.0 Å². The molecule has 0 spiro atoms. The Kier molecular flexibility index (Phi) is 6.01. The van der Waals surface area contributed by atoms with Gasteiger partial charge in [0, 0.05) is 24.7 Å². The predicted molar refractivity (Wildman–Crippen MR) is 107 cm³/mol. The molecule has 1 aliphatic rings. The maximum Gasteiger partial charge on any atom is 0.418 e. The van der Waals surface area contributed by atoms with Gasteiger partial charge in [0.25, 0.3) is 0 Å². The van der Waals surface area contributed by atoms with Gasteiger partial charge in [-0.15, -0.1) is 0 Å². The quantitative estimate of drug-likeness (QED) is 0.680. The summed E-state index contributed by atoms with van der Waals surface area (Å²) in [6.45, 7) is 2.23. The molecule has 31 heavy (non-hydrogen) atoms. The number of halogens is 4. The number of Topliss-reactive ketones (excluding diaryl/α,β-unsaturated/α-hetero) is 1. The smallest absolute Gasteiger partial charge is 0.418 e. The molecule has 2 heterocycles. The Labute approximate surface area is 177 Å². The minimum Gasteiger partial charge on any atom is -0.496 e. The minimum atomic E-state index is -4.98. The number of nitrogens with zero attached hydrogens (tertiary/aromatic N) is 2. The van der Waals surface area contributed by atoms with Gasteiger partial charge in [-0.2, -0.15) is 13.2 Å². The number of ether oxygens (including phenoxy) is 1. The molecule has 0 saturated carbocycles. The fourth-order valence-electron chi connectivity index (χ4n) is 4.10. The van der Waals surface area contributed by atoms with Crippen LogP contribution in [0, 0.1) is 5.82 Å². The molecule has 0 saturated heterocycles. The Morgan fingerprint density at radius 1 is 1.23 bits per heavy atom. The first-order valence-corrected chi connectivity index (χ1v) is 9.74. The summed E-state index contributed by atoms with van der Waals surface area (Å²) in [5, 5.41) is 10.9. The number of hydrogen-bond donors (Lipinski definition) is 1. The van der Waals surface area contributed by atoms with Gasteiger partial charge in [0.15, 0.2) is 11.4 Å². The van der Waals surface area contributed by atoms with E-state index in [0.717, 1.165) is 12.1 Å². The zero-order chi connectivity index (χ0) is 23.0. The molecule has 1 N–H and O–H groups in total. The Bertz CT molecular complexity index is 977.